The van der Waals surface area contributed by atoms with Gasteiger partial charge in [-0.1, -0.05) is 33.6 Å². The standard InChI is InChI=1S/C16H13Br2ClO2/c17-12-5-10-3-4-21-16(10)11(6-12)8-15(20)9-1-2-13(18)14(19)7-9/h1-2,5-7,15,20H,3-4,8H2. The molecule has 0 bridgehead atoms. The van der Waals surface area contributed by atoms with Crippen molar-refractivity contribution in [3.63, 3.8) is 0 Å². The van der Waals surface area contributed by atoms with Crippen LogP contribution in [-0.4, -0.2) is 11.7 Å². The van der Waals surface area contributed by atoms with Crippen LogP contribution < -0.4 is 4.74 Å². The minimum absolute atomic E-state index is 0.500. The predicted octanol–water partition coefficient (Wildman–Crippen LogP) is 5.08. The molecule has 0 spiro atoms. The average Bonchev–Trinajstić information content (AvgIpc) is 2.90. The Morgan fingerprint density at radius 1 is 1.24 bits per heavy atom. The molecule has 3 rings (SSSR count). The second-order valence-electron chi connectivity index (χ2n) is 5.05. The topological polar surface area (TPSA) is 29.5 Å². The van der Waals surface area contributed by atoms with Gasteiger partial charge in [-0.2, -0.15) is 0 Å². The maximum atomic E-state index is 10.5. The number of aliphatic hydroxyl groups is 1. The average molecular weight is 433 g/mol. The van der Waals surface area contributed by atoms with E-state index in [0.29, 0.717) is 18.1 Å². The van der Waals surface area contributed by atoms with E-state index >= 15 is 0 Å². The summed E-state index contributed by atoms with van der Waals surface area (Å²) in [5.74, 6) is 0.917. The van der Waals surface area contributed by atoms with E-state index in [9.17, 15) is 5.11 Å². The smallest absolute Gasteiger partial charge is 0.125 e. The van der Waals surface area contributed by atoms with Crippen LogP contribution in [0, 0.1) is 0 Å². The molecule has 2 aromatic rings. The normalized spacial score (nSPS) is 14.7. The van der Waals surface area contributed by atoms with Gasteiger partial charge in [-0.05, 0) is 56.9 Å². The Hall–Kier alpha value is -0.550. The van der Waals surface area contributed by atoms with Crippen LogP contribution in [0.3, 0.4) is 0 Å². The summed E-state index contributed by atoms with van der Waals surface area (Å²) < 4.78 is 7.54. The molecule has 0 saturated carbocycles. The second-order valence-corrected chi connectivity index (χ2v) is 7.22. The van der Waals surface area contributed by atoms with Gasteiger partial charge < -0.3 is 9.84 Å². The number of hydrogen-bond donors (Lipinski definition) is 1. The van der Waals surface area contributed by atoms with Crippen molar-refractivity contribution in [2.45, 2.75) is 18.9 Å². The van der Waals surface area contributed by atoms with Gasteiger partial charge >= 0.3 is 0 Å². The van der Waals surface area contributed by atoms with Crippen LogP contribution in [0.4, 0.5) is 0 Å². The zero-order valence-corrected chi connectivity index (χ0v) is 15.0. The van der Waals surface area contributed by atoms with Crippen molar-refractivity contribution in [2.75, 3.05) is 6.61 Å². The molecule has 2 nitrogen and oxygen atoms in total. The number of hydrogen-bond acceptors (Lipinski definition) is 2. The summed E-state index contributed by atoms with van der Waals surface area (Å²) in [5.41, 5.74) is 3.01. The van der Waals surface area contributed by atoms with Crippen molar-refractivity contribution in [1.82, 2.24) is 0 Å². The predicted molar refractivity (Wildman–Crippen MR) is 91.2 cm³/mol. The molecular weight excluding hydrogens is 419 g/mol. The monoisotopic (exact) mass is 430 g/mol. The van der Waals surface area contributed by atoms with E-state index in [1.54, 1.807) is 6.07 Å². The third-order valence-corrected chi connectivity index (χ3v) is 5.26. The lowest BCUT2D eigenvalue weighted by molar-refractivity contribution is 0.177. The molecule has 0 aromatic heterocycles. The van der Waals surface area contributed by atoms with Gasteiger partial charge in [0.25, 0.3) is 0 Å². The maximum Gasteiger partial charge on any atom is 0.125 e. The van der Waals surface area contributed by atoms with Crippen LogP contribution in [0.15, 0.2) is 39.3 Å². The van der Waals surface area contributed by atoms with E-state index < -0.39 is 6.10 Å². The number of ether oxygens (including phenoxy) is 1. The molecular formula is C16H13Br2ClO2. The number of fused-ring (bicyclic) bond motifs is 1. The zero-order valence-electron chi connectivity index (χ0n) is 11.1. The van der Waals surface area contributed by atoms with Gasteiger partial charge in [0, 0.05) is 21.8 Å². The highest BCUT2D eigenvalue weighted by atomic mass is 79.9. The lowest BCUT2D eigenvalue weighted by Gasteiger charge is -2.15. The van der Waals surface area contributed by atoms with Crippen molar-refractivity contribution in [1.29, 1.82) is 0 Å². The van der Waals surface area contributed by atoms with Crippen LogP contribution >= 0.6 is 43.5 Å². The van der Waals surface area contributed by atoms with Crippen molar-refractivity contribution >= 4 is 43.5 Å². The SMILES string of the molecule is OC(Cc1cc(Br)cc2c1OCC2)c1ccc(Br)c(Cl)c1. The van der Waals surface area contributed by atoms with E-state index in [2.05, 4.69) is 37.9 Å². The molecule has 1 aliphatic heterocycles. The van der Waals surface area contributed by atoms with Crippen molar-refractivity contribution in [2.24, 2.45) is 0 Å². The highest BCUT2D eigenvalue weighted by Gasteiger charge is 2.20. The van der Waals surface area contributed by atoms with Crippen molar-refractivity contribution in [3.05, 3.63) is 61.0 Å². The number of benzene rings is 2. The number of rotatable bonds is 3. The second kappa shape index (κ2) is 6.29. The van der Waals surface area contributed by atoms with Gasteiger partial charge in [0.15, 0.2) is 0 Å². The summed E-state index contributed by atoms with van der Waals surface area (Å²) in [6.07, 6.45) is 0.806. The molecule has 5 heteroatoms. The Kier molecular flexibility index (Phi) is 4.60. The molecule has 1 aliphatic rings. The minimum atomic E-state index is -0.613. The quantitative estimate of drug-likeness (QED) is 0.733. The first kappa shape index (κ1) is 15.3. The molecule has 1 heterocycles. The van der Waals surface area contributed by atoms with Crippen LogP contribution in [0.5, 0.6) is 5.75 Å². The molecule has 21 heavy (non-hydrogen) atoms. The van der Waals surface area contributed by atoms with E-state index in [-0.39, 0.29) is 0 Å². The summed E-state index contributed by atoms with van der Waals surface area (Å²) in [5, 5.41) is 11.1. The van der Waals surface area contributed by atoms with Crippen molar-refractivity contribution in [3.8, 4) is 5.75 Å². The third-order valence-electron chi connectivity index (χ3n) is 3.57. The Labute approximate surface area is 145 Å². The van der Waals surface area contributed by atoms with E-state index in [4.69, 9.17) is 16.3 Å². The van der Waals surface area contributed by atoms with E-state index in [0.717, 1.165) is 32.2 Å². The summed E-state index contributed by atoms with van der Waals surface area (Å²) >= 11 is 13.0. The first-order chi connectivity index (χ1) is 10.0. The fourth-order valence-electron chi connectivity index (χ4n) is 2.54. The first-order valence-corrected chi connectivity index (χ1v) is 8.58. The molecule has 0 saturated heterocycles. The van der Waals surface area contributed by atoms with Crippen LogP contribution in [-0.2, 0) is 12.8 Å². The number of aliphatic hydroxyl groups excluding tert-OH is 1. The maximum absolute atomic E-state index is 10.5. The fraction of sp³-hybridized carbons (Fsp3) is 0.250. The first-order valence-electron chi connectivity index (χ1n) is 6.61. The lowest BCUT2D eigenvalue weighted by Crippen LogP contribution is -2.03. The van der Waals surface area contributed by atoms with Crippen molar-refractivity contribution < 1.29 is 9.84 Å². The van der Waals surface area contributed by atoms with Crippen LogP contribution in [0.1, 0.15) is 22.8 Å². The van der Waals surface area contributed by atoms with Gasteiger partial charge in [-0.3, -0.25) is 0 Å². The van der Waals surface area contributed by atoms with E-state index in [1.807, 2.05) is 18.2 Å². The zero-order chi connectivity index (χ0) is 15.0. The van der Waals surface area contributed by atoms with Crippen LogP contribution in [0.25, 0.3) is 0 Å². The van der Waals surface area contributed by atoms with E-state index in [1.165, 1.54) is 5.56 Å². The summed E-state index contributed by atoms with van der Waals surface area (Å²) in [7, 11) is 0. The largest absolute Gasteiger partial charge is 0.493 e. The highest BCUT2D eigenvalue weighted by Crippen LogP contribution is 2.36. The molecule has 1 atom stereocenters. The van der Waals surface area contributed by atoms with Gasteiger partial charge in [-0.25, -0.2) is 0 Å². The molecule has 1 unspecified atom stereocenters. The van der Waals surface area contributed by atoms with Gasteiger partial charge in [0.2, 0.25) is 0 Å². The Balaban J connectivity index is 1.88. The molecule has 1 N–H and O–H groups in total. The molecule has 0 radical (unpaired) electrons. The van der Waals surface area contributed by atoms with Gasteiger partial charge in [0.1, 0.15) is 5.75 Å². The molecule has 0 amide bonds. The number of halogens is 3. The van der Waals surface area contributed by atoms with Crippen LogP contribution in [0.2, 0.25) is 5.02 Å². The summed E-state index contributed by atoms with van der Waals surface area (Å²) in [6.45, 7) is 0.707. The lowest BCUT2D eigenvalue weighted by atomic mass is 9.99. The third kappa shape index (κ3) is 3.29. The Morgan fingerprint density at radius 2 is 2.05 bits per heavy atom. The Bertz CT molecular complexity index is 688. The minimum Gasteiger partial charge on any atom is -0.493 e. The van der Waals surface area contributed by atoms with Gasteiger partial charge in [-0.15, -0.1) is 0 Å². The Morgan fingerprint density at radius 3 is 2.81 bits per heavy atom. The highest BCUT2D eigenvalue weighted by molar-refractivity contribution is 9.10. The molecule has 0 aliphatic carbocycles. The molecule has 0 fully saturated rings. The molecule has 2 aromatic carbocycles. The fourth-order valence-corrected chi connectivity index (χ4v) is 3.53. The molecule has 110 valence electrons. The summed E-state index contributed by atoms with van der Waals surface area (Å²) in [4.78, 5) is 0. The van der Waals surface area contributed by atoms with Gasteiger partial charge in [0.05, 0.1) is 17.7 Å². The summed E-state index contributed by atoms with van der Waals surface area (Å²) in [6, 6.07) is 9.60.